The second-order valence-electron chi connectivity index (χ2n) is 7.07. The van der Waals surface area contributed by atoms with E-state index < -0.39 is 5.41 Å². The second kappa shape index (κ2) is 7.75. The number of morpholine rings is 1. The van der Waals surface area contributed by atoms with Gasteiger partial charge in [-0.1, -0.05) is 43.0 Å². The van der Waals surface area contributed by atoms with Crippen LogP contribution in [0.4, 0.5) is 0 Å². The van der Waals surface area contributed by atoms with Crippen LogP contribution in [0.1, 0.15) is 37.7 Å². The molecule has 1 atom stereocenters. The van der Waals surface area contributed by atoms with Gasteiger partial charge in [0.25, 0.3) is 0 Å². The highest BCUT2D eigenvalue weighted by Gasteiger charge is 2.41. The van der Waals surface area contributed by atoms with Crippen molar-refractivity contribution in [2.24, 2.45) is 0 Å². The molecule has 25 heavy (non-hydrogen) atoms. The van der Waals surface area contributed by atoms with E-state index in [9.17, 15) is 9.59 Å². The lowest BCUT2D eigenvalue weighted by Gasteiger charge is -2.37. The number of carbonyl (C=O) groups excluding carboxylic acids is 2. The monoisotopic (exact) mass is 364 g/mol. The fourth-order valence-corrected chi connectivity index (χ4v) is 3.96. The lowest BCUT2D eigenvalue weighted by Crippen LogP contribution is -2.52. The van der Waals surface area contributed by atoms with E-state index in [0.29, 0.717) is 18.1 Å². The molecule has 2 amide bonds. The molecule has 0 spiro atoms. The third kappa shape index (κ3) is 3.98. The molecule has 0 radical (unpaired) electrons. The maximum Gasteiger partial charge on any atom is 0.248 e. The van der Waals surface area contributed by atoms with Crippen molar-refractivity contribution in [2.75, 3.05) is 26.7 Å². The molecule has 1 saturated heterocycles. The van der Waals surface area contributed by atoms with Crippen molar-refractivity contribution in [3.8, 4) is 0 Å². The highest BCUT2D eigenvalue weighted by molar-refractivity contribution is 6.30. The van der Waals surface area contributed by atoms with Crippen LogP contribution in [0.5, 0.6) is 0 Å². The predicted molar refractivity (Wildman–Crippen MR) is 96.6 cm³/mol. The van der Waals surface area contributed by atoms with E-state index in [2.05, 4.69) is 5.32 Å². The van der Waals surface area contributed by atoms with E-state index in [1.807, 2.05) is 24.3 Å². The molecular formula is C19H25ClN2O3. The SMILES string of the molecule is CN1C[C@@H](CNC(=O)C2(c3ccc(Cl)cc3)CCCCC2)OCC1=O. The first kappa shape index (κ1) is 18.2. The number of nitrogens with one attached hydrogen (secondary N) is 1. The second-order valence-corrected chi connectivity index (χ2v) is 7.50. The molecule has 2 aliphatic rings. The van der Waals surface area contributed by atoms with Gasteiger partial charge in [0.1, 0.15) is 6.61 Å². The van der Waals surface area contributed by atoms with Crippen LogP contribution < -0.4 is 5.32 Å². The van der Waals surface area contributed by atoms with Gasteiger partial charge in [-0.15, -0.1) is 0 Å². The molecule has 1 aliphatic carbocycles. The molecular weight excluding hydrogens is 340 g/mol. The molecule has 5 nitrogen and oxygen atoms in total. The van der Waals surface area contributed by atoms with Crippen LogP contribution in [0.3, 0.4) is 0 Å². The number of likely N-dealkylation sites (N-methyl/N-ethyl adjacent to an activating group) is 1. The predicted octanol–water partition coefficient (Wildman–Crippen LogP) is 2.52. The number of nitrogens with zero attached hydrogens (tertiary/aromatic N) is 1. The summed E-state index contributed by atoms with van der Waals surface area (Å²) in [6.07, 6.45) is 4.81. The van der Waals surface area contributed by atoms with Crippen LogP contribution in [-0.2, 0) is 19.7 Å². The van der Waals surface area contributed by atoms with Crippen molar-refractivity contribution < 1.29 is 14.3 Å². The largest absolute Gasteiger partial charge is 0.365 e. The van der Waals surface area contributed by atoms with Gasteiger partial charge in [-0.3, -0.25) is 9.59 Å². The summed E-state index contributed by atoms with van der Waals surface area (Å²) < 4.78 is 5.53. The molecule has 3 rings (SSSR count). The van der Waals surface area contributed by atoms with Crippen molar-refractivity contribution in [1.29, 1.82) is 0 Å². The van der Waals surface area contributed by atoms with Crippen molar-refractivity contribution in [2.45, 2.75) is 43.6 Å². The van der Waals surface area contributed by atoms with E-state index in [0.717, 1.165) is 31.2 Å². The third-order valence-electron chi connectivity index (χ3n) is 5.37. The maximum atomic E-state index is 13.1. The first-order valence-electron chi connectivity index (χ1n) is 8.91. The third-order valence-corrected chi connectivity index (χ3v) is 5.63. The van der Waals surface area contributed by atoms with E-state index in [1.165, 1.54) is 6.42 Å². The lowest BCUT2D eigenvalue weighted by molar-refractivity contribution is -0.146. The van der Waals surface area contributed by atoms with E-state index in [4.69, 9.17) is 16.3 Å². The van der Waals surface area contributed by atoms with Gasteiger partial charge in [0.05, 0.1) is 11.5 Å². The van der Waals surface area contributed by atoms with Crippen LogP contribution in [-0.4, -0.2) is 49.6 Å². The molecule has 1 saturated carbocycles. The number of hydrogen-bond acceptors (Lipinski definition) is 3. The number of hydrogen-bond donors (Lipinski definition) is 1. The van der Waals surface area contributed by atoms with Crippen LogP contribution in [0.2, 0.25) is 5.02 Å². The van der Waals surface area contributed by atoms with Crippen LogP contribution in [0.25, 0.3) is 0 Å². The Hall–Kier alpha value is -1.59. The molecule has 1 heterocycles. The average molecular weight is 365 g/mol. The van der Waals surface area contributed by atoms with Crippen LogP contribution in [0, 0.1) is 0 Å². The van der Waals surface area contributed by atoms with Gasteiger partial charge in [-0.2, -0.15) is 0 Å². The van der Waals surface area contributed by atoms with Gasteiger partial charge in [-0.05, 0) is 30.5 Å². The zero-order valence-corrected chi connectivity index (χ0v) is 15.3. The van der Waals surface area contributed by atoms with Gasteiger partial charge >= 0.3 is 0 Å². The molecule has 1 N–H and O–H groups in total. The molecule has 1 aromatic rings. The quantitative estimate of drug-likeness (QED) is 0.893. The van der Waals surface area contributed by atoms with Gasteiger partial charge in [0, 0.05) is 25.2 Å². The van der Waals surface area contributed by atoms with Crippen molar-refractivity contribution in [3.05, 3.63) is 34.9 Å². The zero-order valence-electron chi connectivity index (χ0n) is 14.6. The summed E-state index contributed by atoms with van der Waals surface area (Å²) in [6, 6.07) is 7.64. The Morgan fingerprint density at radius 3 is 2.60 bits per heavy atom. The Labute approximate surface area is 153 Å². The summed E-state index contributed by atoms with van der Waals surface area (Å²) in [6.45, 7) is 1.01. The summed E-state index contributed by atoms with van der Waals surface area (Å²) in [4.78, 5) is 26.3. The first-order chi connectivity index (χ1) is 12.0. The van der Waals surface area contributed by atoms with Gasteiger partial charge in [0.15, 0.2) is 0 Å². The molecule has 1 aromatic carbocycles. The Bertz CT molecular complexity index is 626. The lowest BCUT2D eigenvalue weighted by atomic mass is 9.68. The summed E-state index contributed by atoms with van der Waals surface area (Å²) in [5.41, 5.74) is 0.546. The molecule has 1 aliphatic heterocycles. The molecule has 0 unspecified atom stereocenters. The Kier molecular flexibility index (Phi) is 5.64. The number of ether oxygens (including phenoxy) is 1. The summed E-state index contributed by atoms with van der Waals surface area (Å²) in [7, 11) is 1.76. The number of amides is 2. The zero-order chi connectivity index (χ0) is 17.9. The van der Waals surface area contributed by atoms with Gasteiger partial charge in [-0.25, -0.2) is 0 Å². The maximum absolute atomic E-state index is 13.1. The smallest absolute Gasteiger partial charge is 0.248 e. The molecule has 2 fully saturated rings. The topological polar surface area (TPSA) is 58.6 Å². The minimum absolute atomic E-state index is 0.0208. The Morgan fingerprint density at radius 2 is 1.96 bits per heavy atom. The normalized spacial score (nSPS) is 23.4. The van der Waals surface area contributed by atoms with E-state index in [1.54, 1.807) is 11.9 Å². The highest BCUT2D eigenvalue weighted by atomic mass is 35.5. The Morgan fingerprint density at radius 1 is 1.28 bits per heavy atom. The minimum Gasteiger partial charge on any atom is -0.365 e. The number of halogens is 1. The molecule has 136 valence electrons. The van der Waals surface area contributed by atoms with Crippen LogP contribution in [0.15, 0.2) is 24.3 Å². The average Bonchev–Trinajstić information content (AvgIpc) is 2.63. The summed E-state index contributed by atoms with van der Waals surface area (Å²) >= 11 is 6.01. The Balaban J connectivity index is 1.69. The minimum atomic E-state index is -0.487. The standard InChI is InChI=1S/C19H25ClN2O3/c1-22-12-16(25-13-17(22)23)11-21-18(24)19(9-3-2-4-10-19)14-5-7-15(20)8-6-14/h5-8,16H,2-4,9-13H2,1H3,(H,21,24)/t16-/m1/s1. The highest BCUT2D eigenvalue weighted by Crippen LogP contribution is 2.40. The van der Waals surface area contributed by atoms with Crippen molar-refractivity contribution in [3.63, 3.8) is 0 Å². The van der Waals surface area contributed by atoms with Crippen LogP contribution >= 0.6 is 11.6 Å². The van der Waals surface area contributed by atoms with Gasteiger partial charge in [0.2, 0.25) is 11.8 Å². The van der Waals surface area contributed by atoms with Gasteiger partial charge < -0.3 is 15.0 Å². The summed E-state index contributed by atoms with van der Waals surface area (Å²) in [5.74, 6) is 0.0326. The number of carbonyl (C=O) groups is 2. The number of benzene rings is 1. The van der Waals surface area contributed by atoms with E-state index >= 15 is 0 Å². The molecule has 0 bridgehead atoms. The van der Waals surface area contributed by atoms with E-state index in [-0.39, 0.29) is 24.5 Å². The fourth-order valence-electron chi connectivity index (χ4n) is 3.83. The number of rotatable bonds is 4. The summed E-state index contributed by atoms with van der Waals surface area (Å²) in [5, 5.41) is 3.76. The fraction of sp³-hybridized carbons (Fsp3) is 0.579. The first-order valence-corrected chi connectivity index (χ1v) is 9.29. The van der Waals surface area contributed by atoms with Crippen molar-refractivity contribution in [1.82, 2.24) is 10.2 Å². The molecule has 0 aromatic heterocycles. The molecule has 6 heteroatoms. The van der Waals surface area contributed by atoms with Crippen molar-refractivity contribution >= 4 is 23.4 Å².